The van der Waals surface area contributed by atoms with E-state index in [-0.39, 0.29) is 12.3 Å². The SMILES string of the molecule is C=CC(OC(CC(C)C)[N+](C)(C)C)C(C)C1OC1C. The predicted octanol–water partition coefficient (Wildman–Crippen LogP) is 3.06. The molecule has 0 aliphatic carbocycles. The molecule has 3 heteroatoms. The standard InChI is InChI=1S/C16H32NO2/c1-9-14(12(4)16-13(5)18-16)19-15(10-11(2)3)17(6,7)8/h9,11-16H,1,10H2,2-8H3/q+1. The number of ether oxygens (including phenoxy) is 2. The molecule has 0 aromatic rings. The minimum atomic E-state index is 0.0658. The molecule has 1 fully saturated rings. The van der Waals surface area contributed by atoms with Crippen molar-refractivity contribution in [1.29, 1.82) is 0 Å². The Morgan fingerprint density at radius 3 is 2.11 bits per heavy atom. The Morgan fingerprint density at radius 1 is 1.26 bits per heavy atom. The highest BCUT2D eigenvalue weighted by Crippen LogP contribution is 2.33. The van der Waals surface area contributed by atoms with Crippen LogP contribution in [-0.2, 0) is 9.47 Å². The molecular weight excluding hydrogens is 238 g/mol. The molecule has 1 rings (SSSR count). The van der Waals surface area contributed by atoms with Crippen LogP contribution in [0.5, 0.6) is 0 Å². The highest BCUT2D eigenvalue weighted by molar-refractivity contribution is 4.95. The van der Waals surface area contributed by atoms with Crippen molar-refractivity contribution in [3.05, 3.63) is 12.7 Å². The molecular formula is C16H32NO2+. The fraction of sp³-hybridized carbons (Fsp3) is 0.875. The smallest absolute Gasteiger partial charge is 0.193 e. The van der Waals surface area contributed by atoms with Gasteiger partial charge in [-0.15, -0.1) is 6.58 Å². The van der Waals surface area contributed by atoms with E-state index in [0.717, 1.165) is 10.9 Å². The number of hydrogen-bond donors (Lipinski definition) is 0. The molecule has 1 aliphatic rings. The first-order valence-electron chi connectivity index (χ1n) is 7.41. The van der Waals surface area contributed by atoms with Gasteiger partial charge < -0.3 is 14.0 Å². The molecule has 0 amide bonds. The Hall–Kier alpha value is -0.380. The van der Waals surface area contributed by atoms with E-state index in [0.29, 0.717) is 24.0 Å². The van der Waals surface area contributed by atoms with Gasteiger partial charge in [0.1, 0.15) is 0 Å². The Labute approximate surface area is 119 Å². The summed E-state index contributed by atoms with van der Waals surface area (Å²) in [5, 5.41) is 0. The molecule has 0 N–H and O–H groups in total. The fourth-order valence-corrected chi connectivity index (χ4v) is 2.47. The Balaban J connectivity index is 2.66. The van der Waals surface area contributed by atoms with Gasteiger partial charge in [-0.2, -0.15) is 0 Å². The summed E-state index contributed by atoms with van der Waals surface area (Å²) in [5.74, 6) is 0.993. The third-order valence-corrected chi connectivity index (χ3v) is 3.88. The van der Waals surface area contributed by atoms with E-state index in [1.54, 1.807) is 0 Å². The lowest BCUT2D eigenvalue weighted by Crippen LogP contribution is -2.49. The third kappa shape index (κ3) is 4.90. The quantitative estimate of drug-likeness (QED) is 0.293. The summed E-state index contributed by atoms with van der Waals surface area (Å²) < 4.78 is 12.8. The van der Waals surface area contributed by atoms with Crippen LogP contribution in [0, 0.1) is 11.8 Å². The molecule has 1 heterocycles. The van der Waals surface area contributed by atoms with Crippen LogP contribution in [-0.4, -0.2) is 50.2 Å². The van der Waals surface area contributed by atoms with Gasteiger partial charge in [0.25, 0.3) is 0 Å². The molecule has 0 aromatic carbocycles. The maximum absolute atomic E-state index is 6.36. The molecule has 0 bridgehead atoms. The van der Waals surface area contributed by atoms with Crippen LogP contribution >= 0.6 is 0 Å². The molecule has 5 atom stereocenters. The zero-order valence-electron chi connectivity index (χ0n) is 13.7. The van der Waals surface area contributed by atoms with Crippen LogP contribution in [0.2, 0.25) is 0 Å². The summed E-state index contributed by atoms with van der Waals surface area (Å²) in [6.07, 6.45) is 3.95. The first kappa shape index (κ1) is 16.7. The lowest BCUT2D eigenvalue weighted by Gasteiger charge is -2.37. The first-order chi connectivity index (χ1) is 8.66. The van der Waals surface area contributed by atoms with Gasteiger partial charge in [0.2, 0.25) is 0 Å². The number of nitrogens with zero attached hydrogens (tertiary/aromatic N) is 1. The second kappa shape index (κ2) is 6.38. The normalized spacial score (nSPS) is 28.0. The largest absolute Gasteiger partial charge is 0.369 e. The van der Waals surface area contributed by atoms with Crippen LogP contribution < -0.4 is 0 Å². The van der Waals surface area contributed by atoms with Crippen LogP contribution in [0.25, 0.3) is 0 Å². The van der Waals surface area contributed by atoms with Crippen molar-refractivity contribution in [2.24, 2.45) is 11.8 Å². The van der Waals surface area contributed by atoms with Crippen molar-refractivity contribution in [3.8, 4) is 0 Å². The van der Waals surface area contributed by atoms with E-state index < -0.39 is 0 Å². The minimum absolute atomic E-state index is 0.0658. The Bertz CT molecular complexity index is 296. The summed E-state index contributed by atoms with van der Waals surface area (Å²) >= 11 is 0. The molecule has 0 spiro atoms. The second-order valence-corrected chi connectivity index (χ2v) is 7.20. The van der Waals surface area contributed by atoms with Gasteiger partial charge in [-0.25, -0.2) is 0 Å². The van der Waals surface area contributed by atoms with Gasteiger partial charge in [-0.1, -0.05) is 26.8 Å². The van der Waals surface area contributed by atoms with E-state index in [9.17, 15) is 0 Å². The number of epoxide rings is 1. The predicted molar refractivity (Wildman–Crippen MR) is 79.8 cm³/mol. The molecule has 1 aliphatic heterocycles. The second-order valence-electron chi connectivity index (χ2n) is 7.20. The van der Waals surface area contributed by atoms with Crippen molar-refractivity contribution in [2.75, 3.05) is 21.1 Å². The lowest BCUT2D eigenvalue weighted by molar-refractivity contribution is -0.921. The fourth-order valence-electron chi connectivity index (χ4n) is 2.47. The van der Waals surface area contributed by atoms with E-state index >= 15 is 0 Å². The average molecular weight is 270 g/mol. The van der Waals surface area contributed by atoms with Crippen LogP contribution in [0.4, 0.5) is 0 Å². The molecule has 0 saturated carbocycles. The van der Waals surface area contributed by atoms with Gasteiger partial charge >= 0.3 is 0 Å². The zero-order valence-corrected chi connectivity index (χ0v) is 13.7. The van der Waals surface area contributed by atoms with Gasteiger partial charge in [0.15, 0.2) is 6.23 Å². The van der Waals surface area contributed by atoms with Crippen molar-refractivity contribution in [3.63, 3.8) is 0 Å². The van der Waals surface area contributed by atoms with Crippen LogP contribution in [0.3, 0.4) is 0 Å². The summed E-state index contributed by atoms with van der Waals surface area (Å²) in [7, 11) is 6.57. The summed E-state index contributed by atoms with van der Waals surface area (Å²) in [5.41, 5.74) is 0. The number of quaternary nitrogens is 1. The molecule has 3 nitrogen and oxygen atoms in total. The molecule has 0 radical (unpaired) electrons. The molecule has 1 saturated heterocycles. The molecule has 0 aromatic heterocycles. The summed E-state index contributed by atoms with van der Waals surface area (Å²) in [4.78, 5) is 0. The van der Waals surface area contributed by atoms with Gasteiger partial charge in [-0.05, 0) is 12.8 Å². The van der Waals surface area contributed by atoms with Crippen molar-refractivity contribution in [1.82, 2.24) is 0 Å². The van der Waals surface area contributed by atoms with E-state index in [2.05, 4.69) is 55.4 Å². The molecule has 112 valence electrons. The van der Waals surface area contributed by atoms with Crippen molar-refractivity contribution < 1.29 is 14.0 Å². The van der Waals surface area contributed by atoms with Crippen molar-refractivity contribution >= 4 is 0 Å². The van der Waals surface area contributed by atoms with Gasteiger partial charge in [0, 0.05) is 12.3 Å². The molecule has 19 heavy (non-hydrogen) atoms. The monoisotopic (exact) mass is 270 g/mol. The highest BCUT2D eigenvalue weighted by atomic mass is 16.6. The topological polar surface area (TPSA) is 21.8 Å². The van der Waals surface area contributed by atoms with Crippen molar-refractivity contribution in [2.45, 2.75) is 58.7 Å². The zero-order chi connectivity index (χ0) is 14.8. The first-order valence-corrected chi connectivity index (χ1v) is 7.41. The molecule has 5 unspecified atom stereocenters. The minimum Gasteiger partial charge on any atom is -0.369 e. The highest BCUT2D eigenvalue weighted by Gasteiger charge is 2.43. The Kier molecular flexibility index (Phi) is 5.60. The van der Waals surface area contributed by atoms with Crippen LogP contribution in [0.1, 0.15) is 34.1 Å². The van der Waals surface area contributed by atoms with E-state index in [1.165, 1.54) is 0 Å². The third-order valence-electron chi connectivity index (χ3n) is 3.88. The summed E-state index contributed by atoms with van der Waals surface area (Å²) in [6.45, 7) is 12.7. The maximum atomic E-state index is 6.36. The van der Waals surface area contributed by atoms with E-state index in [1.807, 2.05) is 6.08 Å². The van der Waals surface area contributed by atoms with Crippen LogP contribution in [0.15, 0.2) is 12.7 Å². The average Bonchev–Trinajstić information content (AvgIpc) is 2.98. The maximum Gasteiger partial charge on any atom is 0.193 e. The summed E-state index contributed by atoms with van der Waals surface area (Å²) in [6, 6.07) is 0. The number of rotatable bonds is 8. The van der Waals surface area contributed by atoms with E-state index in [4.69, 9.17) is 9.47 Å². The van der Waals surface area contributed by atoms with Gasteiger partial charge in [-0.3, -0.25) is 0 Å². The lowest BCUT2D eigenvalue weighted by atomic mass is 9.98. The Morgan fingerprint density at radius 2 is 1.79 bits per heavy atom. The number of hydrogen-bond acceptors (Lipinski definition) is 2. The van der Waals surface area contributed by atoms with Gasteiger partial charge in [0.05, 0.1) is 39.5 Å².